The number of primary sulfonamides is 1. The number of fused-ring (bicyclic) bond motifs is 1. The van der Waals surface area contributed by atoms with Gasteiger partial charge in [0, 0.05) is 17.1 Å². The summed E-state index contributed by atoms with van der Waals surface area (Å²) in [6, 6.07) is 12.6. The van der Waals surface area contributed by atoms with Gasteiger partial charge in [0.25, 0.3) is 0 Å². The van der Waals surface area contributed by atoms with Crippen molar-refractivity contribution in [2.75, 3.05) is 17.2 Å². The maximum Gasteiger partial charge on any atom is 0.238 e. The number of carbonyl (C=O) groups is 1. The van der Waals surface area contributed by atoms with E-state index in [1.54, 1.807) is 17.0 Å². The van der Waals surface area contributed by atoms with Crippen molar-refractivity contribution in [1.82, 2.24) is 0 Å². The molecule has 0 aromatic heterocycles. The molecule has 0 spiro atoms. The van der Waals surface area contributed by atoms with E-state index in [0.29, 0.717) is 18.7 Å². The van der Waals surface area contributed by atoms with E-state index in [0.717, 1.165) is 21.7 Å². The number of nitrogens with zero attached hydrogens (tertiary/aromatic N) is 1. The number of amides is 1. The van der Waals surface area contributed by atoms with Gasteiger partial charge in [0.05, 0.1) is 10.6 Å². The lowest BCUT2D eigenvalue weighted by Crippen LogP contribution is -2.30. The second-order valence-corrected chi connectivity index (χ2v) is 8.26. The molecule has 0 bridgehead atoms. The Bertz CT molecular complexity index is 894. The molecule has 1 aliphatic rings. The van der Waals surface area contributed by atoms with E-state index in [-0.39, 0.29) is 10.8 Å². The Labute approximate surface area is 145 Å². The number of sulfonamides is 1. The van der Waals surface area contributed by atoms with Crippen molar-refractivity contribution >= 4 is 33.4 Å². The average Bonchev–Trinajstić information content (AvgIpc) is 2.96. The molecule has 5 nitrogen and oxygen atoms in total. The zero-order chi connectivity index (χ0) is 17.3. The van der Waals surface area contributed by atoms with Crippen LogP contribution in [0.1, 0.15) is 11.1 Å². The number of hydrogen-bond donors (Lipinski definition) is 1. The number of carbonyl (C=O) groups excluding carboxylic acids is 1. The van der Waals surface area contributed by atoms with Gasteiger partial charge < -0.3 is 4.90 Å². The molecule has 1 amide bonds. The Morgan fingerprint density at radius 1 is 1.25 bits per heavy atom. The highest BCUT2D eigenvalue weighted by molar-refractivity contribution is 8.00. The van der Waals surface area contributed by atoms with Gasteiger partial charge in [-0.15, -0.1) is 11.8 Å². The standard InChI is InChI=1S/C17H18N2O3S2/c1-12-4-2-3-5-16(12)23-11-17(20)19-9-8-13-10-14(24(18,21)22)6-7-15(13)19/h2-7,10H,8-9,11H2,1H3,(H2,18,21,22). The SMILES string of the molecule is Cc1ccccc1SCC(=O)N1CCc2cc(S(N)(=O)=O)ccc21. The van der Waals surface area contributed by atoms with Gasteiger partial charge in [-0.1, -0.05) is 18.2 Å². The normalized spacial score (nSPS) is 13.8. The molecular weight excluding hydrogens is 344 g/mol. The first-order valence-electron chi connectivity index (χ1n) is 7.51. The van der Waals surface area contributed by atoms with Gasteiger partial charge in [0.1, 0.15) is 0 Å². The molecule has 0 radical (unpaired) electrons. The summed E-state index contributed by atoms with van der Waals surface area (Å²) in [5.74, 6) is 0.367. The summed E-state index contributed by atoms with van der Waals surface area (Å²) in [4.78, 5) is 15.4. The molecule has 2 aromatic rings. The van der Waals surface area contributed by atoms with Gasteiger partial charge >= 0.3 is 0 Å². The Morgan fingerprint density at radius 2 is 2.00 bits per heavy atom. The number of aryl methyl sites for hydroxylation is 1. The van der Waals surface area contributed by atoms with E-state index in [9.17, 15) is 13.2 Å². The molecule has 0 saturated carbocycles. The Hall–Kier alpha value is -1.83. The van der Waals surface area contributed by atoms with E-state index in [4.69, 9.17) is 5.14 Å². The lowest BCUT2D eigenvalue weighted by atomic mass is 10.2. The van der Waals surface area contributed by atoms with E-state index >= 15 is 0 Å². The zero-order valence-corrected chi connectivity index (χ0v) is 14.9. The summed E-state index contributed by atoms with van der Waals surface area (Å²) in [5.41, 5.74) is 2.77. The molecule has 0 fully saturated rings. The Kier molecular flexibility index (Phi) is 4.67. The fraction of sp³-hybridized carbons (Fsp3) is 0.235. The van der Waals surface area contributed by atoms with Crippen LogP contribution in [-0.4, -0.2) is 26.6 Å². The van der Waals surface area contributed by atoms with Crippen LogP contribution in [0.2, 0.25) is 0 Å². The monoisotopic (exact) mass is 362 g/mol. The van der Waals surface area contributed by atoms with Crippen LogP contribution in [0.4, 0.5) is 5.69 Å². The summed E-state index contributed by atoms with van der Waals surface area (Å²) in [5, 5.41) is 5.16. The summed E-state index contributed by atoms with van der Waals surface area (Å²) in [6.07, 6.45) is 0.638. The van der Waals surface area contributed by atoms with Crippen LogP contribution in [-0.2, 0) is 21.2 Å². The van der Waals surface area contributed by atoms with E-state index in [2.05, 4.69) is 0 Å². The van der Waals surface area contributed by atoms with Crippen LogP contribution in [0.25, 0.3) is 0 Å². The molecule has 0 aliphatic carbocycles. The first-order chi connectivity index (χ1) is 11.4. The third-order valence-electron chi connectivity index (χ3n) is 4.02. The third-order valence-corrected chi connectivity index (χ3v) is 6.09. The van der Waals surface area contributed by atoms with Gasteiger partial charge in [-0.05, 0) is 48.7 Å². The fourth-order valence-electron chi connectivity index (χ4n) is 2.75. The van der Waals surface area contributed by atoms with Crippen LogP contribution in [0.5, 0.6) is 0 Å². The number of anilines is 1. The number of nitrogens with two attached hydrogens (primary N) is 1. The minimum atomic E-state index is -3.72. The van der Waals surface area contributed by atoms with Crippen molar-refractivity contribution in [2.24, 2.45) is 5.14 Å². The first-order valence-corrected chi connectivity index (χ1v) is 10.0. The van der Waals surface area contributed by atoms with Gasteiger partial charge in [-0.3, -0.25) is 4.79 Å². The van der Waals surface area contributed by atoms with Crippen molar-refractivity contribution in [3.8, 4) is 0 Å². The lowest BCUT2D eigenvalue weighted by Gasteiger charge is -2.17. The molecule has 1 heterocycles. The topological polar surface area (TPSA) is 80.5 Å². The van der Waals surface area contributed by atoms with Crippen LogP contribution >= 0.6 is 11.8 Å². The van der Waals surface area contributed by atoms with Crippen LogP contribution in [0.3, 0.4) is 0 Å². The summed E-state index contributed by atoms with van der Waals surface area (Å²) >= 11 is 1.52. The van der Waals surface area contributed by atoms with Crippen LogP contribution in [0, 0.1) is 6.92 Å². The number of hydrogen-bond acceptors (Lipinski definition) is 4. The first kappa shape index (κ1) is 17.0. The quantitative estimate of drug-likeness (QED) is 0.847. The molecule has 3 rings (SSSR count). The number of rotatable bonds is 4. The Balaban J connectivity index is 1.74. The minimum Gasteiger partial charge on any atom is -0.311 e. The molecular formula is C17H18N2O3S2. The predicted octanol–water partition coefficient (Wildman–Crippen LogP) is 2.32. The molecule has 0 atom stereocenters. The molecule has 7 heteroatoms. The van der Waals surface area contributed by atoms with Gasteiger partial charge in [-0.2, -0.15) is 0 Å². The second-order valence-electron chi connectivity index (χ2n) is 5.69. The molecule has 1 aliphatic heterocycles. The van der Waals surface area contributed by atoms with Crippen molar-refractivity contribution < 1.29 is 13.2 Å². The Morgan fingerprint density at radius 3 is 2.71 bits per heavy atom. The third kappa shape index (κ3) is 3.48. The largest absolute Gasteiger partial charge is 0.311 e. The van der Waals surface area contributed by atoms with Gasteiger partial charge in [-0.25, -0.2) is 13.6 Å². The summed E-state index contributed by atoms with van der Waals surface area (Å²) < 4.78 is 22.9. The van der Waals surface area contributed by atoms with E-state index < -0.39 is 10.0 Å². The summed E-state index contributed by atoms with van der Waals surface area (Å²) in [6.45, 7) is 2.59. The highest BCUT2D eigenvalue weighted by Crippen LogP contribution is 2.31. The maximum absolute atomic E-state index is 12.5. The summed E-state index contributed by atoms with van der Waals surface area (Å²) in [7, 11) is -3.72. The van der Waals surface area contributed by atoms with E-state index in [1.165, 1.54) is 17.8 Å². The molecule has 2 N–H and O–H groups in total. The number of thioether (sulfide) groups is 1. The molecule has 0 unspecified atom stereocenters. The van der Waals surface area contributed by atoms with Crippen molar-refractivity contribution in [2.45, 2.75) is 23.1 Å². The van der Waals surface area contributed by atoms with Gasteiger partial charge in [0.2, 0.25) is 15.9 Å². The van der Waals surface area contributed by atoms with Crippen molar-refractivity contribution in [1.29, 1.82) is 0 Å². The molecule has 126 valence electrons. The average molecular weight is 362 g/mol. The molecule has 0 saturated heterocycles. The van der Waals surface area contributed by atoms with Crippen molar-refractivity contribution in [3.05, 3.63) is 53.6 Å². The number of benzene rings is 2. The van der Waals surface area contributed by atoms with Crippen molar-refractivity contribution in [3.63, 3.8) is 0 Å². The zero-order valence-electron chi connectivity index (χ0n) is 13.2. The fourth-order valence-corrected chi connectivity index (χ4v) is 4.22. The van der Waals surface area contributed by atoms with Crippen LogP contribution in [0.15, 0.2) is 52.3 Å². The van der Waals surface area contributed by atoms with Crippen LogP contribution < -0.4 is 10.0 Å². The smallest absolute Gasteiger partial charge is 0.238 e. The maximum atomic E-state index is 12.5. The lowest BCUT2D eigenvalue weighted by molar-refractivity contribution is -0.116. The predicted molar refractivity (Wildman–Crippen MR) is 95.8 cm³/mol. The minimum absolute atomic E-state index is 0.0189. The second kappa shape index (κ2) is 6.58. The molecule has 2 aromatic carbocycles. The molecule has 24 heavy (non-hydrogen) atoms. The van der Waals surface area contributed by atoms with Gasteiger partial charge in [0.15, 0.2) is 0 Å². The highest BCUT2D eigenvalue weighted by atomic mass is 32.2. The van der Waals surface area contributed by atoms with E-state index in [1.807, 2.05) is 31.2 Å². The highest BCUT2D eigenvalue weighted by Gasteiger charge is 2.26.